The molecule has 0 bridgehead atoms. The van der Waals surface area contributed by atoms with Crippen LogP contribution in [-0.2, 0) is 42.9 Å². The number of rotatable bonds is 50. The van der Waals surface area contributed by atoms with E-state index in [0.29, 0.717) is 25.7 Å². The molecule has 0 aromatic heterocycles. The number of allylic oxidation sites excluding steroid dienone is 20. The Morgan fingerprint density at radius 3 is 1.27 bits per heavy atom. The third kappa shape index (κ3) is 43.6. The molecular weight excluding hydrogens is 997 g/mol. The maximum atomic E-state index is 13.2. The van der Waals surface area contributed by atoms with Gasteiger partial charge in [-0.1, -0.05) is 206 Å². The van der Waals surface area contributed by atoms with Crippen molar-refractivity contribution in [2.45, 2.75) is 263 Å². The van der Waals surface area contributed by atoms with Gasteiger partial charge in [-0.3, -0.25) is 14.4 Å². The first kappa shape index (κ1) is 72.1. The fourth-order valence-corrected chi connectivity index (χ4v) is 8.33. The monoisotopic (exact) mass is 1100 g/mol. The molecule has 1 rings (SSSR count). The van der Waals surface area contributed by atoms with E-state index in [1.165, 1.54) is 38.5 Å². The van der Waals surface area contributed by atoms with E-state index in [9.17, 15) is 34.5 Å². The predicted octanol–water partition coefficient (Wildman–Crippen LogP) is 16.0. The molecule has 1 aliphatic rings. The van der Waals surface area contributed by atoms with Gasteiger partial charge in [-0.05, 0) is 122 Å². The normalized spacial score (nSPS) is 18.7. The molecule has 1 heterocycles. The number of carbonyl (C=O) groups excluding carboxylic acids is 3. The molecule has 12 nitrogen and oxygen atoms in total. The van der Waals surface area contributed by atoms with Crippen molar-refractivity contribution >= 4 is 23.9 Å². The number of carboxylic acid groups (broad SMARTS) is 1. The van der Waals surface area contributed by atoms with Crippen LogP contribution in [0.3, 0.4) is 0 Å². The lowest BCUT2D eigenvalue weighted by Crippen LogP contribution is -2.61. The first-order valence-electron chi connectivity index (χ1n) is 30.5. The molecule has 12 heteroatoms. The average Bonchev–Trinajstić information content (AvgIpc) is 3.44. The maximum Gasteiger partial charge on any atom is 0.335 e. The summed E-state index contributed by atoms with van der Waals surface area (Å²) in [6.07, 6.45) is 61.7. The zero-order valence-corrected chi connectivity index (χ0v) is 49.1. The molecular formula is C67H106O12. The Bertz CT molecular complexity index is 1840. The van der Waals surface area contributed by atoms with Crippen molar-refractivity contribution in [1.29, 1.82) is 0 Å². The van der Waals surface area contributed by atoms with E-state index in [4.69, 9.17) is 23.7 Å². The van der Waals surface area contributed by atoms with Crippen LogP contribution >= 0.6 is 0 Å². The highest BCUT2D eigenvalue weighted by Gasteiger charge is 2.50. The number of esters is 3. The van der Waals surface area contributed by atoms with Gasteiger partial charge >= 0.3 is 23.9 Å². The van der Waals surface area contributed by atoms with Crippen molar-refractivity contribution in [2.75, 3.05) is 13.2 Å². The standard InChI is InChI=1S/C67H106O12/c1-4-7-10-13-16-19-22-25-28-29-30-31-34-37-40-43-46-49-52-55-61(70)78-65-63(72)62(71)64(66(73)74)79-67(65)76-57-58(77-60(69)54-51-48-45-42-39-36-33-27-24-21-18-15-12-9-6-3)56-75-59(68)53-50-47-44-41-38-35-32-26-23-20-17-14-11-8-5-2/h7,10,16-21,25-28,30-33,37,40,46,49,58,62-65,67,71-72H,4-6,8-9,11-15,22-24,29,34-36,38-39,41-45,47-48,50-57H2,1-3H3,(H,73,74)/b10-7-,19-16-,20-17-,21-18-,28-25-,31-30-,32-26-,33-27-,40-37-,49-46-. The summed E-state index contributed by atoms with van der Waals surface area (Å²) in [4.78, 5) is 51.2. The molecule has 1 aliphatic heterocycles. The lowest BCUT2D eigenvalue weighted by molar-refractivity contribution is -0.301. The second-order valence-corrected chi connectivity index (χ2v) is 20.2. The minimum Gasteiger partial charge on any atom is -0.479 e. The molecule has 79 heavy (non-hydrogen) atoms. The van der Waals surface area contributed by atoms with Gasteiger partial charge in [0.1, 0.15) is 18.8 Å². The van der Waals surface area contributed by atoms with Crippen LogP contribution in [0.25, 0.3) is 0 Å². The summed E-state index contributed by atoms with van der Waals surface area (Å²) in [6, 6.07) is 0. The number of unbranched alkanes of at least 4 members (excludes halogenated alkanes) is 16. The third-order valence-corrected chi connectivity index (χ3v) is 13.0. The van der Waals surface area contributed by atoms with Gasteiger partial charge in [0.15, 0.2) is 24.6 Å². The molecule has 6 unspecified atom stereocenters. The lowest BCUT2D eigenvalue weighted by Gasteiger charge is -2.40. The van der Waals surface area contributed by atoms with Crippen molar-refractivity contribution < 1.29 is 58.2 Å². The number of hydrogen-bond donors (Lipinski definition) is 3. The van der Waals surface area contributed by atoms with E-state index in [0.717, 1.165) is 122 Å². The minimum atomic E-state index is -1.94. The Morgan fingerprint density at radius 2 is 0.823 bits per heavy atom. The summed E-state index contributed by atoms with van der Waals surface area (Å²) in [5, 5.41) is 31.5. The molecule has 0 spiro atoms. The largest absolute Gasteiger partial charge is 0.479 e. The van der Waals surface area contributed by atoms with Gasteiger partial charge in [0.2, 0.25) is 0 Å². The molecule has 0 saturated carbocycles. The zero-order chi connectivity index (χ0) is 57.5. The Morgan fingerprint density at radius 1 is 0.430 bits per heavy atom. The van der Waals surface area contributed by atoms with E-state index in [-0.39, 0.29) is 25.9 Å². The topological polar surface area (TPSA) is 175 Å². The molecule has 0 aromatic rings. The number of aliphatic hydroxyl groups is 2. The van der Waals surface area contributed by atoms with Gasteiger partial charge in [0.25, 0.3) is 0 Å². The van der Waals surface area contributed by atoms with Crippen LogP contribution in [-0.4, -0.2) is 89.2 Å². The van der Waals surface area contributed by atoms with E-state index in [1.807, 2.05) is 18.2 Å². The van der Waals surface area contributed by atoms with E-state index in [2.05, 4.69) is 124 Å². The van der Waals surface area contributed by atoms with Gasteiger partial charge in [-0.2, -0.15) is 0 Å². The van der Waals surface area contributed by atoms with Gasteiger partial charge < -0.3 is 39.0 Å². The summed E-state index contributed by atoms with van der Waals surface area (Å²) >= 11 is 0. The van der Waals surface area contributed by atoms with Crippen LogP contribution in [0.4, 0.5) is 0 Å². The Kier molecular flexibility index (Phi) is 49.1. The highest BCUT2D eigenvalue weighted by atomic mass is 16.7. The fraction of sp³-hybridized carbons (Fsp3) is 0.642. The highest BCUT2D eigenvalue weighted by Crippen LogP contribution is 2.26. The van der Waals surface area contributed by atoms with Crippen molar-refractivity contribution in [1.82, 2.24) is 0 Å². The number of hydrogen-bond acceptors (Lipinski definition) is 11. The van der Waals surface area contributed by atoms with Crippen LogP contribution in [0, 0.1) is 0 Å². The zero-order valence-electron chi connectivity index (χ0n) is 49.1. The summed E-state index contributed by atoms with van der Waals surface area (Å²) in [6.45, 7) is 5.77. The fourth-order valence-electron chi connectivity index (χ4n) is 8.33. The smallest absolute Gasteiger partial charge is 0.335 e. The van der Waals surface area contributed by atoms with Crippen molar-refractivity contribution in [3.63, 3.8) is 0 Å². The second kappa shape index (κ2) is 53.7. The predicted molar refractivity (Wildman–Crippen MR) is 321 cm³/mol. The molecule has 0 radical (unpaired) electrons. The lowest BCUT2D eigenvalue weighted by atomic mass is 9.98. The van der Waals surface area contributed by atoms with Crippen molar-refractivity contribution in [2.24, 2.45) is 0 Å². The second-order valence-electron chi connectivity index (χ2n) is 20.2. The summed E-state index contributed by atoms with van der Waals surface area (Å²) < 4.78 is 28.3. The van der Waals surface area contributed by atoms with E-state index >= 15 is 0 Å². The quantitative estimate of drug-likeness (QED) is 0.0228. The van der Waals surface area contributed by atoms with Gasteiger partial charge in [0.05, 0.1) is 6.61 Å². The number of aliphatic hydroxyl groups excluding tert-OH is 2. The van der Waals surface area contributed by atoms with Gasteiger partial charge in [-0.15, -0.1) is 0 Å². The van der Waals surface area contributed by atoms with Crippen LogP contribution in [0.2, 0.25) is 0 Å². The molecule has 3 N–H and O–H groups in total. The molecule has 0 aliphatic carbocycles. The Balaban J connectivity index is 2.75. The molecule has 446 valence electrons. The van der Waals surface area contributed by atoms with Crippen LogP contribution < -0.4 is 0 Å². The third-order valence-electron chi connectivity index (χ3n) is 13.0. The molecule has 0 aromatic carbocycles. The van der Waals surface area contributed by atoms with Crippen LogP contribution in [0.5, 0.6) is 0 Å². The highest BCUT2D eigenvalue weighted by molar-refractivity contribution is 5.74. The average molecular weight is 1100 g/mol. The van der Waals surface area contributed by atoms with Crippen molar-refractivity contribution in [3.8, 4) is 0 Å². The number of aliphatic carboxylic acids is 1. The van der Waals surface area contributed by atoms with Crippen LogP contribution in [0.1, 0.15) is 226 Å². The van der Waals surface area contributed by atoms with Gasteiger partial charge in [-0.25, -0.2) is 4.79 Å². The maximum absolute atomic E-state index is 13.2. The molecule has 1 fully saturated rings. The summed E-state index contributed by atoms with van der Waals surface area (Å²) in [5.74, 6) is -3.28. The summed E-state index contributed by atoms with van der Waals surface area (Å²) in [7, 11) is 0. The first-order chi connectivity index (χ1) is 38.6. The molecule has 6 atom stereocenters. The molecule has 0 amide bonds. The number of carbonyl (C=O) groups is 4. The van der Waals surface area contributed by atoms with Crippen LogP contribution in [0.15, 0.2) is 122 Å². The Labute approximate surface area is 478 Å². The SMILES string of the molecule is CC/C=C\C/C=C\C/C=C\C/C=C\C/C=C\C/C=C\CCC(=O)OC1C(OCC(COC(=O)CCCCCCC/C=C\C/C=C\CCCCC)OC(=O)CCCCCCC/C=C\C/C=C\CCCCC)OC(C(=O)O)C(O)C1O. The first-order valence-corrected chi connectivity index (χ1v) is 30.5. The van der Waals surface area contributed by atoms with Gasteiger partial charge in [0, 0.05) is 19.3 Å². The number of carboxylic acids is 1. The Hall–Kier alpha value is -4.88. The summed E-state index contributed by atoms with van der Waals surface area (Å²) in [5.41, 5.74) is 0. The minimum absolute atomic E-state index is 0.0738. The van der Waals surface area contributed by atoms with E-state index in [1.54, 1.807) is 0 Å². The van der Waals surface area contributed by atoms with E-state index < -0.39 is 67.3 Å². The number of ether oxygens (including phenoxy) is 5. The van der Waals surface area contributed by atoms with Crippen molar-refractivity contribution in [3.05, 3.63) is 122 Å². The molecule has 1 saturated heterocycles.